The lowest BCUT2D eigenvalue weighted by Gasteiger charge is -2.15. The van der Waals surface area contributed by atoms with Crippen LogP contribution in [0.5, 0.6) is 0 Å². The van der Waals surface area contributed by atoms with Gasteiger partial charge in [-0.1, -0.05) is 25.1 Å². The lowest BCUT2D eigenvalue weighted by molar-refractivity contribution is -0.124. The molecule has 0 saturated carbocycles. The lowest BCUT2D eigenvalue weighted by atomic mass is 10.2. The van der Waals surface area contributed by atoms with Crippen molar-refractivity contribution < 1.29 is 4.79 Å². The summed E-state index contributed by atoms with van der Waals surface area (Å²) < 4.78 is 3.54. The highest BCUT2D eigenvalue weighted by Crippen LogP contribution is 2.10. The minimum Gasteiger partial charge on any atom is -0.354 e. The zero-order valence-corrected chi connectivity index (χ0v) is 13.7. The van der Waals surface area contributed by atoms with E-state index in [2.05, 4.69) is 15.5 Å². The second-order valence-corrected chi connectivity index (χ2v) is 5.58. The molecule has 1 amide bonds. The number of aromatic nitrogens is 4. The van der Waals surface area contributed by atoms with Crippen LogP contribution in [0.2, 0.25) is 0 Å². The summed E-state index contributed by atoms with van der Waals surface area (Å²) in [4.78, 5) is 12.3. The van der Waals surface area contributed by atoms with Crippen LogP contribution in [0.3, 0.4) is 0 Å². The van der Waals surface area contributed by atoms with Gasteiger partial charge in [0, 0.05) is 25.1 Å². The summed E-state index contributed by atoms with van der Waals surface area (Å²) in [6, 6.07) is 11.5. The quantitative estimate of drug-likeness (QED) is 0.726. The summed E-state index contributed by atoms with van der Waals surface area (Å²) in [6.45, 7) is 2.56. The lowest BCUT2D eigenvalue weighted by Crippen LogP contribution is -2.33. The third-order valence-corrected chi connectivity index (χ3v) is 3.90. The van der Waals surface area contributed by atoms with E-state index < -0.39 is 0 Å². The van der Waals surface area contributed by atoms with Gasteiger partial charge in [-0.3, -0.25) is 9.48 Å². The SMILES string of the molecule is CC[C@H](C(=O)NCCc1cnn(-c2ccccc2)c1)n1cccn1. The average molecular weight is 323 g/mol. The molecule has 0 unspecified atom stereocenters. The molecule has 24 heavy (non-hydrogen) atoms. The zero-order chi connectivity index (χ0) is 16.8. The van der Waals surface area contributed by atoms with Crippen LogP contribution in [0.25, 0.3) is 5.69 Å². The highest BCUT2D eigenvalue weighted by Gasteiger charge is 2.17. The number of nitrogens with one attached hydrogen (secondary N) is 1. The second-order valence-electron chi connectivity index (χ2n) is 5.58. The Kier molecular flexibility index (Phi) is 5.05. The first kappa shape index (κ1) is 16.0. The molecular formula is C18H21N5O. The third-order valence-electron chi connectivity index (χ3n) is 3.90. The van der Waals surface area contributed by atoms with Crippen LogP contribution in [-0.4, -0.2) is 32.0 Å². The van der Waals surface area contributed by atoms with E-state index in [0.29, 0.717) is 13.0 Å². The molecule has 0 fully saturated rings. The van der Waals surface area contributed by atoms with Crippen LogP contribution >= 0.6 is 0 Å². The monoisotopic (exact) mass is 323 g/mol. The van der Waals surface area contributed by atoms with E-state index in [4.69, 9.17) is 0 Å². The number of nitrogens with zero attached hydrogens (tertiary/aromatic N) is 4. The van der Waals surface area contributed by atoms with Gasteiger partial charge in [0.25, 0.3) is 0 Å². The van der Waals surface area contributed by atoms with Crippen molar-refractivity contribution in [3.05, 3.63) is 66.7 Å². The van der Waals surface area contributed by atoms with E-state index in [1.54, 1.807) is 10.9 Å². The molecule has 3 aromatic rings. The largest absolute Gasteiger partial charge is 0.354 e. The Hall–Kier alpha value is -2.89. The highest BCUT2D eigenvalue weighted by molar-refractivity contribution is 5.80. The molecule has 2 aromatic heterocycles. The summed E-state index contributed by atoms with van der Waals surface area (Å²) in [5.41, 5.74) is 2.11. The number of carbonyl (C=O) groups is 1. The normalized spacial score (nSPS) is 12.0. The van der Waals surface area contributed by atoms with Crippen molar-refractivity contribution in [3.8, 4) is 5.69 Å². The maximum absolute atomic E-state index is 12.3. The van der Waals surface area contributed by atoms with Gasteiger partial charge in [-0.25, -0.2) is 4.68 Å². The first-order valence-electron chi connectivity index (χ1n) is 8.13. The minimum absolute atomic E-state index is 0.00310. The molecule has 3 rings (SSSR count). The number of benzene rings is 1. The molecule has 0 aliphatic rings. The van der Waals surface area contributed by atoms with Crippen LogP contribution in [0, 0.1) is 0 Å². The predicted molar refractivity (Wildman–Crippen MR) is 91.8 cm³/mol. The molecule has 0 radical (unpaired) electrons. The number of hydrogen-bond acceptors (Lipinski definition) is 3. The number of carbonyl (C=O) groups excluding carboxylic acids is 1. The van der Waals surface area contributed by atoms with E-state index in [9.17, 15) is 4.79 Å². The Bertz CT molecular complexity index is 764. The molecule has 0 spiro atoms. The van der Waals surface area contributed by atoms with Crippen LogP contribution in [0.1, 0.15) is 24.9 Å². The maximum Gasteiger partial charge on any atom is 0.244 e. The Morgan fingerprint density at radius 1 is 1.21 bits per heavy atom. The van der Waals surface area contributed by atoms with E-state index in [1.165, 1.54) is 0 Å². The number of rotatable bonds is 7. The van der Waals surface area contributed by atoms with Crippen molar-refractivity contribution in [2.45, 2.75) is 25.8 Å². The molecule has 0 aliphatic carbocycles. The molecule has 6 heteroatoms. The molecule has 2 heterocycles. The van der Waals surface area contributed by atoms with Gasteiger partial charge in [-0.05, 0) is 36.6 Å². The standard InChI is InChI=1S/C18H21N5O/c1-2-17(22-12-6-10-20-22)18(24)19-11-9-15-13-21-23(14-15)16-7-4-3-5-8-16/h3-8,10,12-14,17H,2,9,11H2,1H3,(H,19,24)/t17-/m1/s1. The van der Waals surface area contributed by atoms with E-state index >= 15 is 0 Å². The highest BCUT2D eigenvalue weighted by atomic mass is 16.2. The van der Waals surface area contributed by atoms with Crippen LogP contribution < -0.4 is 5.32 Å². The fourth-order valence-electron chi connectivity index (χ4n) is 2.62. The Morgan fingerprint density at radius 3 is 2.75 bits per heavy atom. The first-order valence-corrected chi connectivity index (χ1v) is 8.13. The van der Waals surface area contributed by atoms with Gasteiger partial charge < -0.3 is 5.32 Å². The summed E-state index contributed by atoms with van der Waals surface area (Å²) in [5, 5.41) is 11.5. The molecule has 1 atom stereocenters. The van der Waals surface area contributed by atoms with Crippen LogP contribution in [-0.2, 0) is 11.2 Å². The summed E-state index contributed by atoms with van der Waals surface area (Å²) in [6.07, 6.45) is 8.79. The molecule has 124 valence electrons. The zero-order valence-electron chi connectivity index (χ0n) is 13.7. The summed E-state index contributed by atoms with van der Waals surface area (Å²) in [5.74, 6) is -0.00310. The molecule has 0 bridgehead atoms. The predicted octanol–water partition coefficient (Wildman–Crippen LogP) is 2.38. The van der Waals surface area contributed by atoms with Gasteiger partial charge in [-0.15, -0.1) is 0 Å². The number of para-hydroxylation sites is 1. The van der Waals surface area contributed by atoms with Crippen molar-refractivity contribution in [1.82, 2.24) is 24.9 Å². The van der Waals surface area contributed by atoms with Gasteiger partial charge in [0.05, 0.1) is 11.9 Å². The Balaban J connectivity index is 1.53. The third kappa shape index (κ3) is 3.71. The van der Waals surface area contributed by atoms with Gasteiger partial charge in [-0.2, -0.15) is 10.2 Å². The van der Waals surface area contributed by atoms with Gasteiger partial charge in [0.2, 0.25) is 5.91 Å². The fraction of sp³-hybridized carbons (Fsp3) is 0.278. The van der Waals surface area contributed by atoms with Gasteiger partial charge in [0.1, 0.15) is 6.04 Å². The second kappa shape index (κ2) is 7.59. The Morgan fingerprint density at radius 2 is 2.04 bits per heavy atom. The average Bonchev–Trinajstić information content (AvgIpc) is 3.28. The van der Waals surface area contributed by atoms with Crippen molar-refractivity contribution in [3.63, 3.8) is 0 Å². The van der Waals surface area contributed by atoms with Crippen molar-refractivity contribution in [1.29, 1.82) is 0 Å². The molecular weight excluding hydrogens is 302 g/mol. The van der Waals surface area contributed by atoms with Gasteiger partial charge >= 0.3 is 0 Å². The van der Waals surface area contributed by atoms with Crippen molar-refractivity contribution in [2.24, 2.45) is 0 Å². The van der Waals surface area contributed by atoms with E-state index in [1.807, 2.05) is 66.6 Å². The fourth-order valence-corrected chi connectivity index (χ4v) is 2.62. The first-order chi connectivity index (χ1) is 11.8. The van der Waals surface area contributed by atoms with E-state index in [0.717, 1.165) is 17.7 Å². The molecule has 1 aromatic carbocycles. The topological polar surface area (TPSA) is 64.7 Å². The molecule has 0 aliphatic heterocycles. The Labute approximate surface area is 141 Å². The van der Waals surface area contributed by atoms with Crippen molar-refractivity contribution >= 4 is 5.91 Å². The maximum atomic E-state index is 12.3. The summed E-state index contributed by atoms with van der Waals surface area (Å²) >= 11 is 0. The molecule has 6 nitrogen and oxygen atoms in total. The number of hydrogen-bond donors (Lipinski definition) is 1. The van der Waals surface area contributed by atoms with Crippen LogP contribution in [0.4, 0.5) is 0 Å². The summed E-state index contributed by atoms with van der Waals surface area (Å²) in [7, 11) is 0. The van der Waals surface area contributed by atoms with Crippen LogP contribution in [0.15, 0.2) is 61.2 Å². The van der Waals surface area contributed by atoms with E-state index in [-0.39, 0.29) is 11.9 Å². The van der Waals surface area contributed by atoms with Gasteiger partial charge in [0.15, 0.2) is 0 Å². The van der Waals surface area contributed by atoms with Crippen molar-refractivity contribution in [2.75, 3.05) is 6.54 Å². The molecule has 0 saturated heterocycles. The number of amides is 1. The smallest absolute Gasteiger partial charge is 0.244 e. The minimum atomic E-state index is -0.257. The molecule has 1 N–H and O–H groups in total.